The molecule has 0 saturated carbocycles. The van der Waals surface area contributed by atoms with E-state index in [9.17, 15) is 14.4 Å². The Morgan fingerprint density at radius 1 is 0.964 bits per heavy atom. The van der Waals surface area contributed by atoms with Crippen LogP contribution in [0.5, 0.6) is 0 Å². The topological polar surface area (TPSA) is 81.7 Å². The van der Waals surface area contributed by atoms with Crippen LogP contribution < -0.4 is 5.32 Å². The third-order valence-corrected chi connectivity index (χ3v) is 4.09. The minimum absolute atomic E-state index is 0.207. The largest absolute Gasteiger partial charge is 0.459 e. The zero-order chi connectivity index (χ0) is 20.7. The number of ether oxygens (including phenoxy) is 2. The van der Waals surface area contributed by atoms with Crippen LogP contribution in [0.4, 0.5) is 5.69 Å². The molecule has 0 bridgehead atoms. The molecule has 0 saturated heterocycles. The summed E-state index contributed by atoms with van der Waals surface area (Å²) in [5, 5.41) is 2.63. The number of hydrogen-bond acceptors (Lipinski definition) is 5. The van der Waals surface area contributed by atoms with Gasteiger partial charge in [-0.05, 0) is 57.5 Å². The molecular weight excluding hydrogens is 358 g/mol. The van der Waals surface area contributed by atoms with Crippen LogP contribution in [0.3, 0.4) is 0 Å². The fourth-order valence-electron chi connectivity index (χ4n) is 2.45. The molecule has 2 rings (SSSR count). The lowest BCUT2D eigenvalue weighted by atomic mass is 9.85. The van der Waals surface area contributed by atoms with E-state index in [-0.39, 0.29) is 6.10 Å². The second-order valence-corrected chi connectivity index (χ2v) is 7.15. The van der Waals surface area contributed by atoms with E-state index in [1.807, 2.05) is 30.3 Å². The number of carbonyl (C=O) groups excluding carboxylic acids is 3. The van der Waals surface area contributed by atoms with Crippen molar-refractivity contribution in [3.8, 4) is 0 Å². The Bertz CT molecular complexity index is 826. The number of carbonyl (C=O) groups is 3. The van der Waals surface area contributed by atoms with Crippen LogP contribution in [-0.4, -0.2) is 30.6 Å². The van der Waals surface area contributed by atoms with Gasteiger partial charge in [0, 0.05) is 5.69 Å². The molecule has 1 N–H and O–H groups in total. The molecule has 0 spiro atoms. The summed E-state index contributed by atoms with van der Waals surface area (Å²) in [6.45, 7) is 6.64. The van der Waals surface area contributed by atoms with Gasteiger partial charge in [0.05, 0.1) is 17.1 Å². The van der Waals surface area contributed by atoms with E-state index in [4.69, 9.17) is 9.47 Å². The van der Waals surface area contributed by atoms with Gasteiger partial charge in [-0.15, -0.1) is 0 Å². The number of hydrogen-bond donors (Lipinski definition) is 1. The smallest absolute Gasteiger partial charge is 0.338 e. The third-order valence-electron chi connectivity index (χ3n) is 4.09. The van der Waals surface area contributed by atoms with E-state index in [1.54, 1.807) is 52.0 Å². The molecule has 148 valence electrons. The minimum atomic E-state index is -0.861. The third kappa shape index (κ3) is 5.67. The van der Waals surface area contributed by atoms with Crippen LogP contribution in [0.2, 0.25) is 0 Å². The van der Waals surface area contributed by atoms with E-state index in [1.165, 1.54) is 0 Å². The Morgan fingerprint density at radius 2 is 1.57 bits per heavy atom. The Labute approximate surface area is 164 Å². The summed E-state index contributed by atoms with van der Waals surface area (Å²) in [7, 11) is 0. The van der Waals surface area contributed by atoms with Gasteiger partial charge >= 0.3 is 11.9 Å². The van der Waals surface area contributed by atoms with Crippen LogP contribution in [-0.2, 0) is 24.5 Å². The Balaban J connectivity index is 1.88. The summed E-state index contributed by atoms with van der Waals surface area (Å²) in [6.07, 6.45) is -0.207. The van der Waals surface area contributed by atoms with E-state index in [0.29, 0.717) is 11.3 Å². The van der Waals surface area contributed by atoms with Gasteiger partial charge in [-0.3, -0.25) is 9.59 Å². The Kier molecular flexibility index (Phi) is 6.93. The number of anilines is 1. The highest BCUT2D eigenvalue weighted by Crippen LogP contribution is 2.24. The fraction of sp³-hybridized carbons (Fsp3) is 0.318. The maximum atomic E-state index is 12.4. The summed E-state index contributed by atoms with van der Waals surface area (Å²) in [5.41, 5.74) is 0.830. The van der Waals surface area contributed by atoms with Crippen LogP contribution in [0.25, 0.3) is 0 Å². The van der Waals surface area contributed by atoms with Crippen molar-refractivity contribution in [2.45, 2.75) is 39.2 Å². The van der Waals surface area contributed by atoms with Crippen molar-refractivity contribution in [3.63, 3.8) is 0 Å². The van der Waals surface area contributed by atoms with E-state index in [2.05, 4.69) is 5.32 Å². The van der Waals surface area contributed by atoms with Gasteiger partial charge in [0.1, 0.15) is 0 Å². The zero-order valence-electron chi connectivity index (χ0n) is 16.5. The first-order chi connectivity index (χ1) is 13.2. The molecule has 0 aromatic heterocycles. The van der Waals surface area contributed by atoms with Gasteiger partial charge in [0.15, 0.2) is 6.61 Å². The quantitative estimate of drug-likeness (QED) is 0.737. The molecule has 0 aliphatic rings. The highest BCUT2D eigenvalue weighted by atomic mass is 16.5. The molecule has 1 amide bonds. The summed E-state index contributed by atoms with van der Waals surface area (Å²) < 4.78 is 10.3. The first kappa shape index (κ1) is 21.2. The maximum Gasteiger partial charge on any atom is 0.338 e. The normalized spacial score (nSPS) is 11.0. The molecule has 2 aromatic carbocycles. The first-order valence-corrected chi connectivity index (χ1v) is 9.04. The van der Waals surface area contributed by atoms with Crippen LogP contribution >= 0.6 is 0 Å². The molecule has 0 unspecified atom stereocenters. The molecule has 0 atom stereocenters. The lowest BCUT2D eigenvalue weighted by Gasteiger charge is -2.22. The second-order valence-electron chi connectivity index (χ2n) is 7.15. The summed E-state index contributed by atoms with van der Waals surface area (Å²) >= 11 is 0. The number of rotatable bonds is 7. The van der Waals surface area contributed by atoms with Crippen LogP contribution in [0.15, 0.2) is 54.6 Å². The molecule has 2 aromatic rings. The highest BCUT2D eigenvalue weighted by molar-refractivity contribution is 5.95. The predicted molar refractivity (Wildman–Crippen MR) is 106 cm³/mol. The monoisotopic (exact) mass is 383 g/mol. The van der Waals surface area contributed by atoms with Gasteiger partial charge in [-0.1, -0.05) is 30.3 Å². The molecular formula is C22H25NO5. The van der Waals surface area contributed by atoms with Crippen molar-refractivity contribution >= 4 is 23.5 Å². The minimum Gasteiger partial charge on any atom is -0.459 e. The van der Waals surface area contributed by atoms with Gasteiger partial charge in [0.25, 0.3) is 5.91 Å². The average Bonchev–Trinajstić information content (AvgIpc) is 2.66. The van der Waals surface area contributed by atoms with Gasteiger partial charge in [-0.2, -0.15) is 0 Å². The van der Waals surface area contributed by atoms with Crippen molar-refractivity contribution in [1.29, 1.82) is 0 Å². The number of benzene rings is 2. The van der Waals surface area contributed by atoms with Crippen molar-refractivity contribution in [2.75, 3.05) is 11.9 Å². The molecule has 0 radical (unpaired) electrons. The van der Waals surface area contributed by atoms with Crippen LogP contribution in [0.1, 0.15) is 43.6 Å². The maximum absolute atomic E-state index is 12.4. The van der Waals surface area contributed by atoms with Crippen LogP contribution in [0, 0.1) is 0 Å². The average molecular weight is 383 g/mol. The van der Waals surface area contributed by atoms with E-state index < -0.39 is 29.9 Å². The zero-order valence-corrected chi connectivity index (χ0v) is 16.5. The molecule has 6 heteroatoms. The molecule has 6 nitrogen and oxygen atoms in total. The number of esters is 2. The summed E-state index contributed by atoms with van der Waals surface area (Å²) in [5.74, 6) is -1.37. The summed E-state index contributed by atoms with van der Waals surface area (Å²) in [4.78, 5) is 36.3. The molecule has 0 fully saturated rings. The standard InChI is InChI=1S/C22H25NO5/c1-15(2)28-20(25)16-10-12-18(13-11-16)23-19(24)14-27-21(26)22(3,4)17-8-6-5-7-9-17/h5-13,15H,14H2,1-4H3,(H,23,24). The highest BCUT2D eigenvalue weighted by Gasteiger charge is 2.31. The SMILES string of the molecule is CC(C)OC(=O)c1ccc(NC(=O)COC(=O)C(C)(C)c2ccccc2)cc1. The van der Waals surface area contributed by atoms with Gasteiger partial charge < -0.3 is 14.8 Å². The lowest BCUT2D eigenvalue weighted by molar-refractivity contribution is -0.152. The Morgan fingerprint density at radius 3 is 2.14 bits per heavy atom. The number of nitrogens with one attached hydrogen (secondary N) is 1. The van der Waals surface area contributed by atoms with E-state index in [0.717, 1.165) is 5.56 Å². The first-order valence-electron chi connectivity index (χ1n) is 9.04. The summed E-state index contributed by atoms with van der Waals surface area (Å²) in [6, 6.07) is 15.5. The van der Waals surface area contributed by atoms with Crippen molar-refractivity contribution in [1.82, 2.24) is 0 Å². The molecule has 0 heterocycles. The Hall–Kier alpha value is -3.15. The molecule has 28 heavy (non-hydrogen) atoms. The lowest BCUT2D eigenvalue weighted by Crippen LogP contribution is -2.33. The number of amides is 1. The predicted octanol–water partition coefficient (Wildman–Crippen LogP) is 3.71. The second kappa shape index (κ2) is 9.17. The van der Waals surface area contributed by atoms with Gasteiger partial charge in [-0.25, -0.2) is 4.79 Å². The van der Waals surface area contributed by atoms with Gasteiger partial charge in [0.2, 0.25) is 0 Å². The van der Waals surface area contributed by atoms with Crippen molar-refractivity contribution < 1.29 is 23.9 Å². The van der Waals surface area contributed by atoms with Crippen molar-refractivity contribution in [3.05, 3.63) is 65.7 Å². The fourth-order valence-corrected chi connectivity index (χ4v) is 2.45. The molecule has 0 aliphatic carbocycles. The van der Waals surface area contributed by atoms with E-state index >= 15 is 0 Å². The molecule has 0 aliphatic heterocycles. The van der Waals surface area contributed by atoms with Crippen molar-refractivity contribution in [2.24, 2.45) is 0 Å².